The molecule has 2 rings (SSSR count). The van der Waals surface area contributed by atoms with Crippen molar-refractivity contribution in [2.45, 2.75) is 6.92 Å². The number of carbonyl (C=O) groups is 1. The summed E-state index contributed by atoms with van der Waals surface area (Å²) in [6, 6.07) is 14.8. The summed E-state index contributed by atoms with van der Waals surface area (Å²) >= 11 is 2.22. The molecule has 0 atom stereocenters. The van der Waals surface area contributed by atoms with Gasteiger partial charge in [0.1, 0.15) is 11.5 Å². The Labute approximate surface area is 137 Å². The van der Waals surface area contributed by atoms with Gasteiger partial charge in [-0.25, -0.2) is 0 Å². The van der Waals surface area contributed by atoms with Crippen LogP contribution < -0.4 is 14.8 Å². The molecule has 0 aliphatic rings. The fourth-order valence-electron chi connectivity index (χ4n) is 1.68. The molecule has 110 valence electrons. The Kier molecular flexibility index (Phi) is 5.86. The van der Waals surface area contributed by atoms with Crippen LogP contribution in [0.15, 0.2) is 48.5 Å². The zero-order valence-corrected chi connectivity index (χ0v) is 13.8. The van der Waals surface area contributed by atoms with Crippen LogP contribution in [0.2, 0.25) is 0 Å². The van der Waals surface area contributed by atoms with Crippen molar-refractivity contribution in [2.24, 2.45) is 0 Å². The maximum absolute atomic E-state index is 11.8. The predicted octanol–water partition coefficient (Wildman–Crippen LogP) is 3.71. The lowest BCUT2D eigenvalue weighted by Gasteiger charge is -2.08. The highest BCUT2D eigenvalue weighted by atomic mass is 127. The first kappa shape index (κ1) is 15.6. The fourth-order valence-corrected chi connectivity index (χ4v) is 2.04. The number of hydrogen-bond donors (Lipinski definition) is 1. The van der Waals surface area contributed by atoms with Crippen molar-refractivity contribution in [3.8, 4) is 11.5 Å². The number of benzene rings is 2. The van der Waals surface area contributed by atoms with Gasteiger partial charge in [0.05, 0.1) is 6.61 Å². The maximum atomic E-state index is 11.8. The second-order valence-corrected chi connectivity index (χ2v) is 5.49. The summed E-state index contributed by atoms with van der Waals surface area (Å²) in [5.41, 5.74) is 0.760. The first-order chi connectivity index (χ1) is 10.2. The van der Waals surface area contributed by atoms with E-state index in [2.05, 4.69) is 27.9 Å². The van der Waals surface area contributed by atoms with Crippen molar-refractivity contribution in [1.82, 2.24) is 0 Å². The third-order valence-electron chi connectivity index (χ3n) is 2.63. The summed E-state index contributed by atoms with van der Waals surface area (Å²) < 4.78 is 11.9. The van der Waals surface area contributed by atoms with Gasteiger partial charge < -0.3 is 14.8 Å². The first-order valence-electron chi connectivity index (χ1n) is 6.58. The van der Waals surface area contributed by atoms with Crippen molar-refractivity contribution < 1.29 is 14.3 Å². The van der Waals surface area contributed by atoms with Gasteiger partial charge in [0, 0.05) is 9.26 Å². The number of halogens is 1. The van der Waals surface area contributed by atoms with E-state index in [0.717, 1.165) is 15.0 Å². The largest absolute Gasteiger partial charge is 0.494 e. The Hall–Kier alpha value is -1.76. The van der Waals surface area contributed by atoms with Crippen molar-refractivity contribution in [3.63, 3.8) is 0 Å². The zero-order chi connectivity index (χ0) is 15.1. The third kappa shape index (κ3) is 5.26. The van der Waals surface area contributed by atoms with E-state index in [4.69, 9.17) is 9.47 Å². The number of hydrogen-bond acceptors (Lipinski definition) is 3. The SMILES string of the molecule is CCOc1ccc(OCC(=O)Nc2ccc(I)cc2)cc1. The van der Waals surface area contributed by atoms with Crippen LogP contribution in [-0.2, 0) is 4.79 Å². The second kappa shape index (κ2) is 7.87. The quantitative estimate of drug-likeness (QED) is 0.757. The minimum Gasteiger partial charge on any atom is -0.494 e. The average Bonchev–Trinajstić information content (AvgIpc) is 2.49. The molecule has 21 heavy (non-hydrogen) atoms. The summed E-state index contributed by atoms with van der Waals surface area (Å²) in [5, 5.41) is 2.78. The third-order valence-corrected chi connectivity index (χ3v) is 3.35. The molecular formula is C16H16INO3. The van der Waals surface area contributed by atoms with Crippen LogP contribution in [0, 0.1) is 3.57 Å². The van der Waals surface area contributed by atoms with Gasteiger partial charge in [0.2, 0.25) is 0 Å². The molecule has 0 saturated heterocycles. The Morgan fingerprint density at radius 2 is 1.57 bits per heavy atom. The van der Waals surface area contributed by atoms with Gasteiger partial charge in [-0.15, -0.1) is 0 Å². The normalized spacial score (nSPS) is 10.0. The molecule has 0 spiro atoms. The number of carbonyl (C=O) groups excluding carboxylic acids is 1. The molecule has 2 aromatic rings. The lowest BCUT2D eigenvalue weighted by atomic mass is 10.3. The standard InChI is InChI=1S/C16H16INO3/c1-2-20-14-7-9-15(10-8-14)21-11-16(19)18-13-5-3-12(17)4-6-13/h3-10H,2,11H2,1H3,(H,18,19). The van der Waals surface area contributed by atoms with Crippen LogP contribution in [0.3, 0.4) is 0 Å². The smallest absolute Gasteiger partial charge is 0.262 e. The molecule has 1 N–H and O–H groups in total. The summed E-state index contributed by atoms with van der Waals surface area (Å²) in [5.74, 6) is 1.23. The van der Waals surface area contributed by atoms with E-state index in [9.17, 15) is 4.79 Å². The molecule has 0 aliphatic carbocycles. The Morgan fingerprint density at radius 3 is 2.14 bits per heavy atom. The molecular weight excluding hydrogens is 381 g/mol. The second-order valence-electron chi connectivity index (χ2n) is 4.25. The van der Waals surface area contributed by atoms with Crippen LogP contribution >= 0.6 is 22.6 Å². The summed E-state index contributed by atoms with van der Waals surface area (Å²) in [4.78, 5) is 11.8. The van der Waals surface area contributed by atoms with Crippen LogP contribution in [0.5, 0.6) is 11.5 Å². The Morgan fingerprint density at radius 1 is 1.00 bits per heavy atom. The first-order valence-corrected chi connectivity index (χ1v) is 7.66. The molecule has 0 radical (unpaired) electrons. The summed E-state index contributed by atoms with van der Waals surface area (Å²) in [6.07, 6.45) is 0. The van der Waals surface area contributed by atoms with E-state index >= 15 is 0 Å². The monoisotopic (exact) mass is 397 g/mol. The predicted molar refractivity (Wildman–Crippen MR) is 90.9 cm³/mol. The van der Waals surface area contributed by atoms with E-state index in [1.54, 1.807) is 12.1 Å². The average molecular weight is 397 g/mol. The highest BCUT2D eigenvalue weighted by Crippen LogP contribution is 2.17. The summed E-state index contributed by atoms with van der Waals surface area (Å²) in [6.45, 7) is 2.53. The van der Waals surface area contributed by atoms with Gasteiger partial charge >= 0.3 is 0 Å². The van der Waals surface area contributed by atoms with Gasteiger partial charge in [-0.2, -0.15) is 0 Å². The Bertz CT molecular complexity index is 581. The molecule has 4 nitrogen and oxygen atoms in total. The minimum absolute atomic E-state index is 0.0278. The van der Waals surface area contributed by atoms with Gasteiger partial charge in [0.15, 0.2) is 6.61 Å². The number of nitrogens with one attached hydrogen (secondary N) is 1. The highest BCUT2D eigenvalue weighted by Gasteiger charge is 2.04. The van der Waals surface area contributed by atoms with Gasteiger partial charge in [0.25, 0.3) is 5.91 Å². The lowest BCUT2D eigenvalue weighted by molar-refractivity contribution is -0.118. The topological polar surface area (TPSA) is 47.6 Å². The molecule has 0 heterocycles. The van der Waals surface area contributed by atoms with Crippen LogP contribution in [-0.4, -0.2) is 19.1 Å². The molecule has 0 unspecified atom stereocenters. The molecule has 1 amide bonds. The van der Waals surface area contributed by atoms with E-state index in [1.807, 2.05) is 43.3 Å². The van der Waals surface area contributed by atoms with Crippen molar-refractivity contribution in [1.29, 1.82) is 0 Å². The zero-order valence-electron chi connectivity index (χ0n) is 11.6. The number of anilines is 1. The Balaban J connectivity index is 1.81. The highest BCUT2D eigenvalue weighted by molar-refractivity contribution is 14.1. The van der Waals surface area contributed by atoms with E-state index in [-0.39, 0.29) is 12.5 Å². The van der Waals surface area contributed by atoms with Crippen molar-refractivity contribution in [3.05, 3.63) is 52.1 Å². The number of rotatable bonds is 6. The minimum atomic E-state index is -0.190. The summed E-state index contributed by atoms with van der Waals surface area (Å²) in [7, 11) is 0. The van der Waals surface area contributed by atoms with Crippen LogP contribution in [0.1, 0.15) is 6.92 Å². The van der Waals surface area contributed by atoms with E-state index in [1.165, 1.54) is 0 Å². The van der Waals surface area contributed by atoms with E-state index < -0.39 is 0 Å². The van der Waals surface area contributed by atoms with Gasteiger partial charge in [-0.05, 0) is 78.0 Å². The fraction of sp³-hybridized carbons (Fsp3) is 0.188. The molecule has 2 aromatic carbocycles. The molecule has 0 aromatic heterocycles. The van der Waals surface area contributed by atoms with Gasteiger partial charge in [-0.3, -0.25) is 4.79 Å². The van der Waals surface area contributed by atoms with E-state index in [0.29, 0.717) is 12.4 Å². The van der Waals surface area contributed by atoms with Crippen molar-refractivity contribution >= 4 is 34.2 Å². The molecule has 0 fully saturated rings. The maximum Gasteiger partial charge on any atom is 0.262 e. The molecule has 0 saturated carbocycles. The molecule has 0 bridgehead atoms. The van der Waals surface area contributed by atoms with Gasteiger partial charge in [-0.1, -0.05) is 0 Å². The van der Waals surface area contributed by atoms with Crippen LogP contribution in [0.4, 0.5) is 5.69 Å². The van der Waals surface area contributed by atoms with Crippen LogP contribution in [0.25, 0.3) is 0 Å². The van der Waals surface area contributed by atoms with Crippen molar-refractivity contribution in [2.75, 3.05) is 18.5 Å². The molecule has 5 heteroatoms. The molecule has 0 aliphatic heterocycles. The number of ether oxygens (including phenoxy) is 2. The lowest BCUT2D eigenvalue weighted by Crippen LogP contribution is -2.20. The number of amides is 1.